The molecule has 0 heterocycles. The number of nitrogen functional groups attached to an aromatic ring is 1. The third kappa shape index (κ3) is 7.88. The lowest BCUT2D eigenvalue weighted by Gasteiger charge is -2.19. The number of hydrogen-bond donors (Lipinski definition) is 3. The number of carbonyl (C=O) groups excluding carboxylic acids is 1. The molecule has 0 aliphatic carbocycles. The highest BCUT2D eigenvalue weighted by molar-refractivity contribution is 5.75. The minimum Gasteiger partial charge on any atom is -0.399 e. The minimum atomic E-state index is 0.119. The molecule has 0 spiro atoms. The van der Waals surface area contributed by atoms with Gasteiger partial charge in [-0.1, -0.05) is 19.3 Å². The average Bonchev–Trinajstić information content (AvgIpc) is 2.52. The van der Waals surface area contributed by atoms with Gasteiger partial charge in [0.15, 0.2) is 0 Å². The summed E-state index contributed by atoms with van der Waals surface area (Å²) in [6.45, 7) is 2.13. The summed E-state index contributed by atoms with van der Waals surface area (Å²) in [4.78, 5) is 13.6. The van der Waals surface area contributed by atoms with E-state index in [4.69, 9.17) is 11.5 Å². The van der Waals surface area contributed by atoms with E-state index < -0.39 is 0 Å². The van der Waals surface area contributed by atoms with Crippen molar-refractivity contribution in [3.8, 4) is 0 Å². The molecular formula is C17H30N4O. The number of nitrogens with zero attached hydrogens (tertiary/aromatic N) is 1. The lowest BCUT2D eigenvalue weighted by atomic mass is 10.1. The first-order valence-electron chi connectivity index (χ1n) is 8.17. The molecule has 1 aromatic rings. The SMILES string of the molecule is CN(CCCCCCCC(=O)NCCN)c1ccc(N)cc1. The first kappa shape index (κ1) is 18.3. The second kappa shape index (κ2) is 10.9. The molecule has 5 nitrogen and oxygen atoms in total. The molecule has 0 fully saturated rings. The minimum absolute atomic E-state index is 0.119. The van der Waals surface area contributed by atoms with Gasteiger partial charge in [-0.2, -0.15) is 0 Å². The lowest BCUT2D eigenvalue weighted by molar-refractivity contribution is -0.121. The van der Waals surface area contributed by atoms with Crippen LogP contribution in [0.15, 0.2) is 24.3 Å². The summed E-state index contributed by atoms with van der Waals surface area (Å²) in [5.41, 5.74) is 13.0. The van der Waals surface area contributed by atoms with Gasteiger partial charge in [0.2, 0.25) is 5.91 Å². The van der Waals surface area contributed by atoms with Crippen molar-refractivity contribution in [2.45, 2.75) is 38.5 Å². The van der Waals surface area contributed by atoms with Gasteiger partial charge >= 0.3 is 0 Å². The van der Waals surface area contributed by atoms with Gasteiger partial charge in [0.1, 0.15) is 0 Å². The Bertz CT molecular complexity index is 419. The largest absolute Gasteiger partial charge is 0.399 e. The van der Waals surface area contributed by atoms with Crippen LogP contribution in [-0.4, -0.2) is 32.6 Å². The van der Waals surface area contributed by atoms with Gasteiger partial charge < -0.3 is 21.7 Å². The van der Waals surface area contributed by atoms with E-state index in [0.29, 0.717) is 19.5 Å². The van der Waals surface area contributed by atoms with Crippen LogP contribution in [0.1, 0.15) is 38.5 Å². The highest BCUT2D eigenvalue weighted by Gasteiger charge is 2.01. The maximum Gasteiger partial charge on any atom is 0.220 e. The highest BCUT2D eigenvalue weighted by atomic mass is 16.1. The highest BCUT2D eigenvalue weighted by Crippen LogP contribution is 2.15. The number of unbranched alkanes of at least 4 members (excludes halogenated alkanes) is 4. The summed E-state index contributed by atoms with van der Waals surface area (Å²) in [6, 6.07) is 7.97. The molecule has 124 valence electrons. The summed E-state index contributed by atoms with van der Waals surface area (Å²) in [5.74, 6) is 0.119. The van der Waals surface area contributed by atoms with Crippen molar-refractivity contribution < 1.29 is 4.79 Å². The number of nitrogens with two attached hydrogens (primary N) is 2. The fraction of sp³-hybridized carbons (Fsp3) is 0.588. The van der Waals surface area contributed by atoms with Crippen LogP contribution in [0, 0.1) is 0 Å². The summed E-state index contributed by atoms with van der Waals surface area (Å²) in [6.07, 6.45) is 6.24. The number of hydrogen-bond acceptors (Lipinski definition) is 4. The van der Waals surface area contributed by atoms with Crippen LogP contribution in [0.4, 0.5) is 11.4 Å². The van der Waals surface area contributed by atoms with E-state index in [9.17, 15) is 4.79 Å². The first-order chi connectivity index (χ1) is 10.6. The molecule has 5 N–H and O–H groups in total. The summed E-state index contributed by atoms with van der Waals surface area (Å²) in [7, 11) is 2.10. The van der Waals surface area contributed by atoms with Crippen molar-refractivity contribution in [2.24, 2.45) is 5.73 Å². The van der Waals surface area contributed by atoms with E-state index in [0.717, 1.165) is 25.1 Å². The van der Waals surface area contributed by atoms with Crippen molar-refractivity contribution >= 4 is 17.3 Å². The number of anilines is 2. The molecule has 0 saturated carbocycles. The Morgan fingerprint density at radius 1 is 1.09 bits per heavy atom. The zero-order valence-electron chi connectivity index (χ0n) is 13.7. The molecule has 0 bridgehead atoms. The zero-order chi connectivity index (χ0) is 16.2. The average molecular weight is 306 g/mol. The molecule has 0 atom stereocenters. The van der Waals surface area contributed by atoms with Crippen LogP contribution in [0.5, 0.6) is 0 Å². The lowest BCUT2D eigenvalue weighted by Crippen LogP contribution is -2.28. The monoisotopic (exact) mass is 306 g/mol. The van der Waals surface area contributed by atoms with Crippen LogP contribution < -0.4 is 21.7 Å². The van der Waals surface area contributed by atoms with Crippen LogP contribution in [0.25, 0.3) is 0 Å². The smallest absolute Gasteiger partial charge is 0.220 e. The molecule has 1 rings (SSSR count). The number of nitrogens with one attached hydrogen (secondary N) is 1. The van der Waals surface area contributed by atoms with Crippen LogP contribution in [0.3, 0.4) is 0 Å². The Balaban J connectivity index is 2.01. The fourth-order valence-corrected chi connectivity index (χ4v) is 2.32. The van der Waals surface area contributed by atoms with E-state index >= 15 is 0 Å². The normalized spacial score (nSPS) is 10.5. The van der Waals surface area contributed by atoms with E-state index in [1.54, 1.807) is 0 Å². The maximum atomic E-state index is 11.4. The number of amides is 1. The van der Waals surface area contributed by atoms with Gasteiger partial charge in [0.25, 0.3) is 0 Å². The standard InChI is InChI=1S/C17H30N4O/c1-21(16-10-8-15(19)9-11-16)14-6-4-2-3-5-7-17(22)20-13-12-18/h8-11H,2-7,12-14,18-19H2,1H3,(H,20,22). The third-order valence-electron chi connectivity index (χ3n) is 3.70. The van der Waals surface area contributed by atoms with Crippen molar-refractivity contribution in [2.75, 3.05) is 37.3 Å². The summed E-state index contributed by atoms with van der Waals surface area (Å²) >= 11 is 0. The van der Waals surface area contributed by atoms with Gasteiger partial charge in [0, 0.05) is 44.5 Å². The Morgan fingerprint density at radius 2 is 1.73 bits per heavy atom. The quantitative estimate of drug-likeness (QED) is 0.432. The van der Waals surface area contributed by atoms with Gasteiger partial charge in [-0.05, 0) is 37.1 Å². The van der Waals surface area contributed by atoms with Gasteiger partial charge in [-0.3, -0.25) is 4.79 Å². The molecule has 1 amide bonds. The van der Waals surface area contributed by atoms with Crippen molar-refractivity contribution in [1.82, 2.24) is 5.32 Å². The number of benzene rings is 1. The van der Waals surface area contributed by atoms with Crippen molar-refractivity contribution in [3.63, 3.8) is 0 Å². The van der Waals surface area contributed by atoms with E-state index in [1.165, 1.54) is 24.9 Å². The van der Waals surface area contributed by atoms with E-state index in [1.807, 2.05) is 12.1 Å². The molecule has 0 saturated heterocycles. The van der Waals surface area contributed by atoms with Gasteiger partial charge in [-0.25, -0.2) is 0 Å². The van der Waals surface area contributed by atoms with E-state index in [2.05, 4.69) is 29.4 Å². The predicted octanol–water partition coefficient (Wildman–Crippen LogP) is 2.12. The second-order valence-corrected chi connectivity index (χ2v) is 5.67. The Kier molecular flexibility index (Phi) is 9.07. The van der Waals surface area contributed by atoms with Crippen molar-refractivity contribution in [3.05, 3.63) is 24.3 Å². The molecule has 0 aliphatic heterocycles. The van der Waals surface area contributed by atoms with Crippen molar-refractivity contribution in [1.29, 1.82) is 0 Å². The Hall–Kier alpha value is -1.75. The molecule has 22 heavy (non-hydrogen) atoms. The Labute approximate surface area is 134 Å². The van der Waals surface area contributed by atoms with Crippen LogP contribution in [-0.2, 0) is 4.79 Å². The van der Waals surface area contributed by atoms with E-state index in [-0.39, 0.29) is 5.91 Å². The first-order valence-corrected chi connectivity index (χ1v) is 8.17. The molecule has 0 aliphatic rings. The molecule has 0 radical (unpaired) electrons. The fourth-order valence-electron chi connectivity index (χ4n) is 2.32. The van der Waals surface area contributed by atoms with Gasteiger partial charge in [0.05, 0.1) is 0 Å². The van der Waals surface area contributed by atoms with Crippen LogP contribution >= 0.6 is 0 Å². The third-order valence-corrected chi connectivity index (χ3v) is 3.70. The molecule has 0 aromatic heterocycles. The second-order valence-electron chi connectivity index (χ2n) is 5.67. The maximum absolute atomic E-state index is 11.4. The zero-order valence-corrected chi connectivity index (χ0v) is 13.7. The predicted molar refractivity (Wildman–Crippen MR) is 93.9 cm³/mol. The Morgan fingerprint density at radius 3 is 2.41 bits per heavy atom. The topological polar surface area (TPSA) is 84.4 Å². The molecule has 5 heteroatoms. The molecule has 0 unspecified atom stereocenters. The number of carbonyl (C=O) groups is 1. The summed E-state index contributed by atoms with van der Waals surface area (Å²) < 4.78 is 0. The van der Waals surface area contributed by atoms with Gasteiger partial charge in [-0.15, -0.1) is 0 Å². The van der Waals surface area contributed by atoms with Crippen LogP contribution in [0.2, 0.25) is 0 Å². The summed E-state index contributed by atoms with van der Waals surface area (Å²) in [5, 5.41) is 2.79. The molecular weight excluding hydrogens is 276 g/mol. The number of rotatable bonds is 11. The molecule has 1 aromatic carbocycles.